The first kappa shape index (κ1) is 19.2. The van der Waals surface area contributed by atoms with Gasteiger partial charge in [0.05, 0.1) is 18.0 Å². The van der Waals surface area contributed by atoms with Crippen LogP contribution >= 0.6 is 27.3 Å². The van der Waals surface area contributed by atoms with Gasteiger partial charge in [-0.25, -0.2) is 4.98 Å². The number of likely N-dealkylation sites (tertiary alicyclic amines) is 2. The van der Waals surface area contributed by atoms with Gasteiger partial charge in [-0.15, -0.1) is 17.8 Å². The number of rotatable bonds is 3. The fourth-order valence-corrected chi connectivity index (χ4v) is 5.62. The lowest BCUT2D eigenvalue weighted by Crippen LogP contribution is -2.49. The van der Waals surface area contributed by atoms with Gasteiger partial charge in [0.2, 0.25) is 5.91 Å². The molecule has 2 fully saturated rings. The topological polar surface area (TPSA) is 53.5 Å². The van der Waals surface area contributed by atoms with Gasteiger partial charge in [-0.05, 0) is 58.3 Å². The van der Waals surface area contributed by atoms with Crippen LogP contribution < -0.4 is 0 Å². The van der Waals surface area contributed by atoms with Gasteiger partial charge in [-0.1, -0.05) is 5.92 Å². The van der Waals surface area contributed by atoms with Crippen molar-refractivity contribution in [3.63, 3.8) is 0 Å². The highest BCUT2D eigenvalue weighted by Crippen LogP contribution is 2.32. The molecule has 4 rings (SSSR count). The maximum absolute atomic E-state index is 13.0. The molecule has 0 aliphatic carbocycles. The third-order valence-electron chi connectivity index (χ3n) is 5.55. The zero-order chi connectivity index (χ0) is 19.7. The quantitative estimate of drug-likeness (QED) is 0.664. The molecule has 144 valence electrons. The van der Waals surface area contributed by atoms with Gasteiger partial charge in [-0.3, -0.25) is 9.59 Å². The molecule has 5 nitrogen and oxygen atoms in total. The van der Waals surface area contributed by atoms with Crippen LogP contribution in [0.2, 0.25) is 0 Å². The second kappa shape index (κ2) is 8.06. The maximum atomic E-state index is 13.0. The summed E-state index contributed by atoms with van der Waals surface area (Å²) in [4.78, 5) is 34.9. The van der Waals surface area contributed by atoms with Gasteiger partial charge in [0.15, 0.2) is 0 Å². The molecule has 2 saturated heterocycles. The van der Waals surface area contributed by atoms with E-state index in [2.05, 4.69) is 26.8 Å². The molecular formula is C21H20BrN3O2S. The molecule has 2 aromatic rings. The first-order valence-electron chi connectivity index (χ1n) is 9.30. The van der Waals surface area contributed by atoms with E-state index in [0.717, 1.165) is 28.7 Å². The monoisotopic (exact) mass is 457 g/mol. The van der Waals surface area contributed by atoms with E-state index in [0.29, 0.717) is 36.7 Å². The molecular weight excluding hydrogens is 438 g/mol. The third-order valence-corrected chi connectivity index (χ3v) is 7.48. The number of terminal acetylenes is 1. The minimum absolute atomic E-state index is 0.0427. The van der Waals surface area contributed by atoms with Crippen LogP contribution in [0.3, 0.4) is 0 Å². The van der Waals surface area contributed by atoms with E-state index in [-0.39, 0.29) is 17.9 Å². The standard InChI is InChI=1S/C21H20BrN3O2S/c1-2-16-6-5-14(11-23-16)21(27)24-12-15-4-3-8-25(18(15)13-24)20(26)10-19-17(22)7-9-28-19/h1,5-7,9,11,15,18H,3-4,8,10,12-13H2/t15-,18+/m0/s1. The van der Waals surface area contributed by atoms with Crippen molar-refractivity contribution < 1.29 is 9.59 Å². The molecule has 2 aliphatic rings. The summed E-state index contributed by atoms with van der Waals surface area (Å²) in [5, 5.41) is 1.99. The summed E-state index contributed by atoms with van der Waals surface area (Å²) < 4.78 is 0.991. The number of hydrogen-bond acceptors (Lipinski definition) is 4. The summed E-state index contributed by atoms with van der Waals surface area (Å²) in [7, 11) is 0. The second-order valence-corrected chi connectivity index (χ2v) is 9.07. The van der Waals surface area contributed by atoms with Crippen LogP contribution in [0.5, 0.6) is 0 Å². The van der Waals surface area contributed by atoms with Crippen molar-refractivity contribution >= 4 is 39.1 Å². The van der Waals surface area contributed by atoms with E-state index < -0.39 is 0 Å². The van der Waals surface area contributed by atoms with Crippen molar-refractivity contribution in [2.75, 3.05) is 19.6 Å². The molecule has 2 amide bonds. The Morgan fingerprint density at radius 1 is 1.32 bits per heavy atom. The van der Waals surface area contributed by atoms with Gasteiger partial charge in [0.1, 0.15) is 5.69 Å². The lowest BCUT2D eigenvalue weighted by Gasteiger charge is -2.36. The normalized spacial score (nSPS) is 21.3. The fraction of sp³-hybridized carbons (Fsp3) is 0.381. The summed E-state index contributed by atoms with van der Waals surface area (Å²) >= 11 is 5.10. The first-order valence-corrected chi connectivity index (χ1v) is 11.0. The van der Waals surface area contributed by atoms with E-state index >= 15 is 0 Å². The highest BCUT2D eigenvalue weighted by molar-refractivity contribution is 9.10. The van der Waals surface area contributed by atoms with Crippen LogP contribution in [0.15, 0.2) is 34.2 Å². The average molecular weight is 458 g/mol. The number of thiophene rings is 1. The summed E-state index contributed by atoms with van der Waals surface area (Å²) in [6, 6.07) is 5.48. The molecule has 0 bridgehead atoms. The van der Waals surface area contributed by atoms with Crippen molar-refractivity contribution in [1.29, 1.82) is 0 Å². The highest BCUT2D eigenvalue weighted by atomic mass is 79.9. The van der Waals surface area contributed by atoms with E-state index in [9.17, 15) is 9.59 Å². The SMILES string of the molecule is C#Cc1ccc(C(=O)N2C[C@@H]3CCCN(C(=O)Cc4sccc4Br)[C@@H]3C2)cn1. The maximum Gasteiger partial charge on any atom is 0.255 e. The zero-order valence-electron chi connectivity index (χ0n) is 15.3. The van der Waals surface area contributed by atoms with Crippen molar-refractivity contribution in [2.45, 2.75) is 25.3 Å². The molecule has 0 N–H and O–H groups in total. The lowest BCUT2D eigenvalue weighted by molar-refractivity contribution is -0.134. The number of pyridine rings is 1. The number of amides is 2. The van der Waals surface area contributed by atoms with E-state index in [4.69, 9.17) is 6.42 Å². The summed E-state index contributed by atoms with van der Waals surface area (Å²) in [5.74, 6) is 2.90. The molecule has 0 unspecified atom stereocenters. The first-order chi connectivity index (χ1) is 13.6. The second-order valence-electron chi connectivity index (χ2n) is 7.21. The highest BCUT2D eigenvalue weighted by Gasteiger charge is 2.42. The Balaban J connectivity index is 1.46. The van der Waals surface area contributed by atoms with E-state index in [1.54, 1.807) is 23.5 Å². The Bertz CT molecular complexity index is 934. The Morgan fingerprint density at radius 3 is 2.86 bits per heavy atom. The number of nitrogens with zero attached hydrogens (tertiary/aromatic N) is 3. The molecule has 2 aliphatic heterocycles. The van der Waals surface area contributed by atoms with Gasteiger partial charge in [0.25, 0.3) is 5.91 Å². The predicted molar refractivity (Wildman–Crippen MR) is 112 cm³/mol. The summed E-state index contributed by atoms with van der Waals surface area (Å²) in [6.45, 7) is 2.04. The Hall–Kier alpha value is -2.17. The Labute approximate surface area is 176 Å². The van der Waals surface area contributed by atoms with Gasteiger partial charge >= 0.3 is 0 Å². The number of piperidine rings is 1. The lowest BCUT2D eigenvalue weighted by atomic mass is 9.92. The number of halogens is 1. The number of carbonyl (C=O) groups excluding carboxylic acids is 2. The summed E-state index contributed by atoms with van der Waals surface area (Å²) in [6.07, 6.45) is 9.32. The van der Waals surface area contributed by atoms with E-state index in [1.165, 1.54) is 6.20 Å². The Kier molecular flexibility index (Phi) is 5.51. The number of fused-ring (bicyclic) bond motifs is 1. The zero-order valence-corrected chi connectivity index (χ0v) is 17.7. The van der Waals surface area contributed by atoms with Gasteiger partial charge in [0, 0.05) is 35.2 Å². The van der Waals surface area contributed by atoms with Crippen LogP contribution in [0.25, 0.3) is 0 Å². The minimum Gasteiger partial charge on any atom is -0.337 e. The van der Waals surface area contributed by atoms with Gasteiger partial charge < -0.3 is 9.80 Å². The fourth-order valence-electron chi connectivity index (χ4n) is 4.13. The molecule has 0 saturated carbocycles. The van der Waals surface area contributed by atoms with Gasteiger partial charge in [-0.2, -0.15) is 0 Å². The van der Waals surface area contributed by atoms with E-state index in [1.807, 2.05) is 21.2 Å². The van der Waals surface area contributed by atoms with Crippen LogP contribution in [-0.4, -0.2) is 52.3 Å². The molecule has 28 heavy (non-hydrogen) atoms. The molecule has 4 heterocycles. The molecule has 0 radical (unpaired) electrons. The Morgan fingerprint density at radius 2 is 2.18 bits per heavy atom. The average Bonchev–Trinajstić information content (AvgIpc) is 3.33. The summed E-state index contributed by atoms with van der Waals surface area (Å²) in [5.41, 5.74) is 1.06. The number of carbonyl (C=O) groups is 2. The molecule has 2 atom stereocenters. The molecule has 0 aromatic carbocycles. The molecule has 2 aromatic heterocycles. The van der Waals surface area contributed by atoms with Crippen molar-refractivity contribution in [3.8, 4) is 12.3 Å². The molecule has 7 heteroatoms. The van der Waals surface area contributed by atoms with Crippen molar-refractivity contribution in [2.24, 2.45) is 5.92 Å². The largest absolute Gasteiger partial charge is 0.337 e. The predicted octanol–water partition coefficient (Wildman–Crippen LogP) is 3.19. The minimum atomic E-state index is -0.0427. The van der Waals surface area contributed by atoms with Crippen LogP contribution in [0.1, 0.15) is 33.8 Å². The van der Waals surface area contributed by atoms with Crippen LogP contribution in [0.4, 0.5) is 0 Å². The number of hydrogen-bond donors (Lipinski definition) is 0. The van der Waals surface area contributed by atoms with Crippen molar-refractivity contribution in [1.82, 2.24) is 14.8 Å². The molecule has 0 spiro atoms. The van der Waals surface area contributed by atoms with Crippen LogP contribution in [-0.2, 0) is 11.2 Å². The smallest absolute Gasteiger partial charge is 0.255 e. The number of aromatic nitrogens is 1. The van der Waals surface area contributed by atoms with Crippen LogP contribution in [0, 0.1) is 18.3 Å². The van der Waals surface area contributed by atoms with Crippen molar-refractivity contribution in [3.05, 3.63) is 50.4 Å². The third kappa shape index (κ3) is 3.71.